The Hall–Kier alpha value is -2.12. The highest BCUT2D eigenvalue weighted by molar-refractivity contribution is 5.31. The molecule has 5 nitrogen and oxygen atoms in total. The lowest BCUT2D eigenvalue weighted by Crippen LogP contribution is -2.35. The molecule has 0 aromatic carbocycles. The van der Waals surface area contributed by atoms with Gasteiger partial charge < -0.3 is 4.90 Å². The predicted molar refractivity (Wildman–Crippen MR) is 69.8 cm³/mol. The molecular weight excluding hydrogens is 283 g/mol. The van der Waals surface area contributed by atoms with Gasteiger partial charge in [-0.15, -0.1) is 0 Å². The lowest BCUT2D eigenvalue weighted by atomic mass is 9.95. The number of nitrogens with zero attached hydrogens (tertiary/aromatic N) is 4. The van der Waals surface area contributed by atoms with E-state index in [1.54, 1.807) is 18.5 Å². The first-order valence-corrected chi connectivity index (χ1v) is 6.68. The molecule has 1 fully saturated rings. The predicted octanol–water partition coefficient (Wildman–Crippen LogP) is 2.60. The standard InChI is InChI=1S/C13H14F3N5/c14-13(15,16)11-7-10(19-20-11)9-3-1-6-21(8-9)12-17-4-2-5-18-12/h2,4-5,7,9H,1,3,6,8H2,(H,19,20)/t9-/m0/s1. The van der Waals surface area contributed by atoms with Gasteiger partial charge in [-0.2, -0.15) is 18.3 Å². The van der Waals surface area contributed by atoms with Gasteiger partial charge in [0.2, 0.25) is 5.95 Å². The van der Waals surface area contributed by atoms with Gasteiger partial charge >= 0.3 is 6.18 Å². The summed E-state index contributed by atoms with van der Waals surface area (Å²) in [5.41, 5.74) is -0.353. The van der Waals surface area contributed by atoms with Gasteiger partial charge in [-0.05, 0) is 25.0 Å². The minimum atomic E-state index is -4.41. The number of halogens is 3. The van der Waals surface area contributed by atoms with Crippen LogP contribution >= 0.6 is 0 Å². The van der Waals surface area contributed by atoms with E-state index in [0.29, 0.717) is 18.2 Å². The third-order valence-corrected chi connectivity index (χ3v) is 3.58. The van der Waals surface area contributed by atoms with E-state index in [1.807, 2.05) is 4.90 Å². The Morgan fingerprint density at radius 2 is 2.00 bits per heavy atom. The Kier molecular flexibility index (Phi) is 3.52. The van der Waals surface area contributed by atoms with Gasteiger partial charge in [0, 0.05) is 37.1 Å². The van der Waals surface area contributed by atoms with Crippen molar-refractivity contribution in [2.75, 3.05) is 18.0 Å². The van der Waals surface area contributed by atoms with Crippen LogP contribution in [-0.4, -0.2) is 33.3 Å². The van der Waals surface area contributed by atoms with Crippen LogP contribution in [0.25, 0.3) is 0 Å². The monoisotopic (exact) mass is 297 g/mol. The summed E-state index contributed by atoms with van der Waals surface area (Å²) < 4.78 is 37.8. The van der Waals surface area contributed by atoms with Gasteiger partial charge in [-0.25, -0.2) is 9.97 Å². The zero-order valence-electron chi connectivity index (χ0n) is 11.1. The Labute approximate surface area is 119 Å². The third-order valence-electron chi connectivity index (χ3n) is 3.58. The Morgan fingerprint density at radius 3 is 2.67 bits per heavy atom. The third kappa shape index (κ3) is 2.98. The van der Waals surface area contributed by atoms with Crippen LogP contribution in [0.4, 0.5) is 19.1 Å². The molecule has 112 valence electrons. The summed E-state index contributed by atoms with van der Waals surface area (Å²) >= 11 is 0. The number of piperidine rings is 1. The number of H-pyrrole nitrogens is 1. The molecular formula is C13H14F3N5. The summed E-state index contributed by atoms with van der Waals surface area (Å²) in [6.45, 7) is 1.39. The van der Waals surface area contributed by atoms with Crippen molar-refractivity contribution in [1.29, 1.82) is 0 Å². The van der Waals surface area contributed by atoms with Crippen molar-refractivity contribution in [3.63, 3.8) is 0 Å². The molecule has 1 saturated heterocycles. The van der Waals surface area contributed by atoms with Crippen LogP contribution in [-0.2, 0) is 6.18 Å². The molecule has 0 amide bonds. The van der Waals surface area contributed by atoms with E-state index in [-0.39, 0.29) is 5.92 Å². The number of hydrogen-bond acceptors (Lipinski definition) is 4. The number of aromatic amines is 1. The molecule has 0 radical (unpaired) electrons. The van der Waals surface area contributed by atoms with E-state index in [4.69, 9.17) is 0 Å². The summed E-state index contributed by atoms with van der Waals surface area (Å²) in [7, 11) is 0. The molecule has 1 atom stereocenters. The number of anilines is 1. The zero-order chi connectivity index (χ0) is 14.9. The summed E-state index contributed by atoms with van der Waals surface area (Å²) in [6, 6.07) is 2.83. The Balaban J connectivity index is 1.76. The zero-order valence-corrected chi connectivity index (χ0v) is 11.1. The second kappa shape index (κ2) is 5.34. The summed E-state index contributed by atoms with van der Waals surface area (Å²) in [5.74, 6) is 0.587. The molecule has 0 saturated carbocycles. The van der Waals surface area contributed by atoms with Gasteiger partial charge in [0.15, 0.2) is 5.69 Å². The number of hydrogen-bond donors (Lipinski definition) is 1. The van der Waals surface area contributed by atoms with E-state index in [9.17, 15) is 13.2 Å². The minimum absolute atomic E-state index is 0.0221. The second-order valence-electron chi connectivity index (χ2n) is 5.04. The fourth-order valence-electron chi connectivity index (χ4n) is 2.56. The smallest absolute Gasteiger partial charge is 0.340 e. The van der Waals surface area contributed by atoms with Crippen molar-refractivity contribution in [2.45, 2.75) is 24.9 Å². The molecule has 0 spiro atoms. The van der Waals surface area contributed by atoms with Crippen molar-refractivity contribution in [3.8, 4) is 0 Å². The molecule has 1 N–H and O–H groups in total. The van der Waals surface area contributed by atoms with Crippen LogP contribution in [0.1, 0.15) is 30.1 Å². The molecule has 1 aliphatic rings. The first-order valence-electron chi connectivity index (χ1n) is 6.68. The van der Waals surface area contributed by atoms with Gasteiger partial charge in [0.05, 0.1) is 0 Å². The quantitative estimate of drug-likeness (QED) is 0.925. The van der Waals surface area contributed by atoms with E-state index in [1.165, 1.54) is 0 Å². The SMILES string of the molecule is FC(F)(F)c1cc([C@H]2CCCN(c3ncccn3)C2)[nH]n1. The molecule has 21 heavy (non-hydrogen) atoms. The highest BCUT2D eigenvalue weighted by Crippen LogP contribution is 2.32. The van der Waals surface area contributed by atoms with Crippen molar-refractivity contribution >= 4 is 5.95 Å². The van der Waals surface area contributed by atoms with E-state index in [2.05, 4.69) is 20.2 Å². The highest BCUT2D eigenvalue weighted by atomic mass is 19.4. The highest BCUT2D eigenvalue weighted by Gasteiger charge is 2.35. The maximum atomic E-state index is 12.6. The Morgan fingerprint density at radius 1 is 1.24 bits per heavy atom. The first kappa shape index (κ1) is 13.8. The number of nitrogens with one attached hydrogen (secondary N) is 1. The topological polar surface area (TPSA) is 57.7 Å². The largest absolute Gasteiger partial charge is 0.435 e. The van der Waals surface area contributed by atoms with E-state index in [0.717, 1.165) is 25.5 Å². The lowest BCUT2D eigenvalue weighted by molar-refractivity contribution is -0.141. The number of aromatic nitrogens is 4. The average molecular weight is 297 g/mol. The molecule has 1 aliphatic heterocycles. The molecule has 0 aliphatic carbocycles. The first-order chi connectivity index (χ1) is 10.0. The molecule has 2 aromatic heterocycles. The maximum absolute atomic E-state index is 12.6. The molecule has 0 unspecified atom stereocenters. The van der Waals surface area contributed by atoms with Gasteiger partial charge in [-0.3, -0.25) is 5.10 Å². The van der Waals surface area contributed by atoms with Crippen molar-refractivity contribution in [1.82, 2.24) is 20.2 Å². The summed E-state index contributed by atoms with van der Waals surface area (Å²) in [4.78, 5) is 10.4. The summed E-state index contributed by atoms with van der Waals surface area (Å²) in [6.07, 6.45) is 0.603. The Bertz CT molecular complexity index is 595. The second-order valence-corrected chi connectivity index (χ2v) is 5.04. The lowest BCUT2D eigenvalue weighted by Gasteiger charge is -2.32. The summed E-state index contributed by atoms with van der Waals surface area (Å²) in [5, 5.41) is 5.88. The van der Waals surface area contributed by atoms with Crippen LogP contribution in [0.2, 0.25) is 0 Å². The van der Waals surface area contributed by atoms with Gasteiger partial charge in [0.25, 0.3) is 0 Å². The molecule has 2 aromatic rings. The maximum Gasteiger partial charge on any atom is 0.435 e. The molecule has 0 bridgehead atoms. The average Bonchev–Trinajstić information content (AvgIpc) is 2.98. The van der Waals surface area contributed by atoms with Crippen molar-refractivity contribution in [3.05, 3.63) is 35.9 Å². The van der Waals surface area contributed by atoms with E-state index < -0.39 is 11.9 Å². The normalized spacial score (nSPS) is 19.8. The fraction of sp³-hybridized carbons (Fsp3) is 0.462. The molecule has 8 heteroatoms. The molecule has 3 rings (SSSR count). The minimum Gasteiger partial charge on any atom is -0.340 e. The molecule has 3 heterocycles. The van der Waals surface area contributed by atoms with Crippen LogP contribution < -0.4 is 4.90 Å². The van der Waals surface area contributed by atoms with Gasteiger partial charge in [-0.1, -0.05) is 0 Å². The van der Waals surface area contributed by atoms with Gasteiger partial charge in [0.1, 0.15) is 0 Å². The number of rotatable bonds is 2. The van der Waals surface area contributed by atoms with Crippen molar-refractivity contribution in [2.24, 2.45) is 0 Å². The van der Waals surface area contributed by atoms with Crippen LogP contribution in [0, 0.1) is 0 Å². The van der Waals surface area contributed by atoms with Crippen molar-refractivity contribution < 1.29 is 13.2 Å². The van der Waals surface area contributed by atoms with Crippen LogP contribution in [0.3, 0.4) is 0 Å². The van der Waals surface area contributed by atoms with E-state index >= 15 is 0 Å². The fourth-order valence-corrected chi connectivity index (χ4v) is 2.56. The number of alkyl halides is 3. The van der Waals surface area contributed by atoms with Crippen LogP contribution in [0.15, 0.2) is 24.5 Å². The van der Waals surface area contributed by atoms with Crippen LogP contribution in [0.5, 0.6) is 0 Å².